The Kier molecular flexibility index (Phi) is 30.4. The third-order valence-corrected chi connectivity index (χ3v) is 9.20. The van der Waals surface area contributed by atoms with E-state index in [2.05, 4.69) is 29.8 Å². The standard InChI is InChI=1S/C40H71BrO4/c1-3-5-7-9-11-13-15-17-19-21-23-25-27-32-44-39-34-37(36-45-40(42)29-28-30-41)33-38(35-39)43-31-26-24-22-20-18-16-14-12-10-8-6-4-2/h33-35H,3-32,36H2,1-2H3. The molecule has 0 aliphatic rings. The molecular weight excluding hydrogens is 624 g/mol. The van der Waals surface area contributed by atoms with Crippen LogP contribution in [-0.4, -0.2) is 24.5 Å². The van der Waals surface area contributed by atoms with Crippen LogP contribution in [0.15, 0.2) is 18.2 Å². The first kappa shape index (κ1) is 41.8. The van der Waals surface area contributed by atoms with E-state index in [4.69, 9.17) is 14.2 Å². The van der Waals surface area contributed by atoms with Crippen molar-refractivity contribution in [3.8, 4) is 11.5 Å². The lowest BCUT2D eigenvalue weighted by molar-refractivity contribution is -0.144. The first-order valence-corrected chi connectivity index (χ1v) is 20.4. The Balaban J connectivity index is 2.29. The van der Waals surface area contributed by atoms with E-state index < -0.39 is 0 Å². The molecule has 1 aromatic carbocycles. The minimum absolute atomic E-state index is 0.160. The zero-order valence-corrected chi connectivity index (χ0v) is 31.2. The van der Waals surface area contributed by atoms with Crippen LogP contribution in [0.1, 0.15) is 193 Å². The Morgan fingerprint density at radius 1 is 0.511 bits per heavy atom. The normalized spacial score (nSPS) is 11.2. The predicted molar refractivity (Wildman–Crippen MR) is 197 cm³/mol. The van der Waals surface area contributed by atoms with E-state index in [9.17, 15) is 4.79 Å². The maximum Gasteiger partial charge on any atom is 0.306 e. The molecular formula is C40H71BrO4. The first-order chi connectivity index (χ1) is 22.2. The van der Waals surface area contributed by atoms with Gasteiger partial charge in [-0.05, 0) is 37.0 Å². The molecule has 5 heteroatoms. The smallest absolute Gasteiger partial charge is 0.306 e. The molecule has 0 radical (unpaired) electrons. The van der Waals surface area contributed by atoms with Gasteiger partial charge in [0.2, 0.25) is 0 Å². The van der Waals surface area contributed by atoms with Gasteiger partial charge >= 0.3 is 5.97 Å². The quantitative estimate of drug-likeness (QED) is 0.0409. The molecule has 0 aliphatic carbocycles. The summed E-state index contributed by atoms with van der Waals surface area (Å²) in [6, 6.07) is 5.99. The monoisotopic (exact) mass is 694 g/mol. The average molecular weight is 696 g/mol. The molecule has 0 amide bonds. The molecule has 0 aliphatic heterocycles. The molecule has 0 heterocycles. The number of benzene rings is 1. The topological polar surface area (TPSA) is 44.8 Å². The van der Waals surface area contributed by atoms with Crippen molar-refractivity contribution in [3.63, 3.8) is 0 Å². The highest BCUT2D eigenvalue weighted by atomic mass is 79.9. The molecule has 0 unspecified atom stereocenters. The van der Waals surface area contributed by atoms with Gasteiger partial charge < -0.3 is 14.2 Å². The number of hydrogen-bond donors (Lipinski definition) is 0. The second-order valence-corrected chi connectivity index (χ2v) is 13.9. The number of halogens is 1. The fourth-order valence-corrected chi connectivity index (χ4v) is 6.05. The van der Waals surface area contributed by atoms with Crippen LogP contribution in [0.4, 0.5) is 0 Å². The third-order valence-electron chi connectivity index (χ3n) is 8.64. The van der Waals surface area contributed by atoms with Crippen molar-refractivity contribution < 1.29 is 19.0 Å². The number of hydrogen-bond acceptors (Lipinski definition) is 4. The van der Waals surface area contributed by atoms with Crippen molar-refractivity contribution in [1.82, 2.24) is 0 Å². The Morgan fingerprint density at radius 3 is 1.22 bits per heavy atom. The highest BCUT2D eigenvalue weighted by Gasteiger charge is 2.08. The van der Waals surface area contributed by atoms with Crippen LogP contribution in [-0.2, 0) is 16.1 Å². The minimum atomic E-state index is -0.160. The van der Waals surface area contributed by atoms with E-state index in [-0.39, 0.29) is 12.6 Å². The summed E-state index contributed by atoms with van der Waals surface area (Å²) in [6.45, 7) is 6.25. The molecule has 0 atom stereocenters. The van der Waals surface area contributed by atoms with Gasteiger partial charge in [0.1, 0.15) is 18.1 Å². The Hall–Kier alpha value is -1.23. The second-order valence-electron chi connectivity index (χ2n) is 13.1. The van der Waals surface area contributed by atoms with E-state index in [0.717, 1.165) is 41.7 Å². The number of esters is 1. The second kappa shape index (κ2) is 32.7. The largest absolute Gasteiger partial charge is 0.493 e. The van der Waals surface area contributed by atoms with Crippen molar-refractivity contribution in [2.24, 2.45) is 0 Å². The van der Waals surface area contributed by atoms with Gasteiger partial charge in [0.15, 0.2) is 0 Å². The van der Waals surface area contributed by atoms with E-state index in [1.807, 2.05) is 18.2 Å². The molecule has 45 heavy (non-hydrogen) atoms. The molecule has 4 nitrogen and oxygen atoms in total. The van der Waals surface area contributed by atoms with E-state index >= 15 is 0 Å². The Bertz CT molecular complexity index is 784. The van der Waals surface area contributed by atoms with Crippen LogP contribution in [0.25, 0.3) is 0 Å². The SMILES string of the molecule is CCCCCCCCCCCCCCCOc1cc(COC(=O)CCCBr)cc(OCCCCCCCCCCCCCC)c1. The number of ether oxygens (including phenoxy) is 3. The van der Waals surface area contributed by atoms with Crippen molar-refractivity contribution in [2.75, 3.05) is 18.5 Å². The zero-order chi connectivity index (χ0) is 32.5. The van der Waals surface area contributed by atoms with Crippen molar-refractivity contribution in [1.29, 1.82) is 0 Å². The van der Waals surface area contributed by atoms with Gasteiger partial charge in [-0.25, -0.2) is 0 Å². The van der Waals surface area contributed by atoms with Crippen LogP contribution >= 0.6 is 15.9 Å². The van der Waals surface area contributed by atoms with Gasteiger partial charge in [-0.15, -0.1) is 0 Å². The van der Waals surface area contributed by atoms with Crippen LogP contribution in [0.5, 0.6) is 11.5 Å². The van der Waals surface area contributed by atoms with Crippen molar-refractivity contribution in [3.05, 3.63) is 23.8 Å². The predicted octanol–water partition coefficient (Wildman–Crippen LogP) is 13.5. The maximum absolute atomic E-state index is 12.1. The molecule has 262 valence electrons. The lowest BCUT2D eigenvalue weighted by atomic mass is 10.0. The van der Waals surface area contributed by atoms with Gasteiger partial charge in [0.05, 0.1) is 13.2 Å². The number of carbonyl (C=O) groups excluding carboxylic acids is 1. The van der Waals surface area contributed by atoms with E-state index in [1.165, 1.54) is 148 Å². The van der Waals surface area contributed by atoms with Crippen LogP contribution in [0.2, 0.25) is 0 Å². The average Bonchev–Trinajstić information content (AvgIpc) is 3.05. The molecule has 0 aromatic heterocycles. The fraction of sp³-hybridized carbons (Fsp3) is 0.825. The van der Waals surface area contributed by atoms with Gasteiger partial charge in [-0.3, -0.25) is 4.79 Å². The van der Waals surface area contributed by atoms with E-state index in [1.54, 1.807) is 0 Å². The molecule has 0 saturated carbocycles. The number of alkyl halides is 1. The fourth-order valence-electron chi connectivity index (χ4n) is 5.77. The molecule has 1 aromatic rings. The summed E-state index contributed by atoms with van der Waals surface area (Å²) in [4.78, 5) is 12.1. The highest BCUT2D eigenvalue weighted by molar-refractivity contribution is 9.09. The lowest BCUT2D eigenvalue weighted by Gasteiger charge is -2.13. The Labute approximate surface area is 287 Å². The van der Waals surface area contributed by atoms with Crippen LogP contribution in [0.3, 0.4) is 0 Å². The lowest BCUT2D eigenvalue weighted by Crippen LogP contribution is -2.06. The summed E-state index contributed by atoms with van der Waals surface area (Å²) in [5.41, 5.74) is 0.926. The van der Waals surface area contributed by atoms with Gasteiger partial charge in [-0.1, -0.05) is 177 Å². The summed E-state index contributed by atoms with van der Waals surface area (Å²) < 4.78 is 17.8. The van der Waals surface area contributed by atoms with Crippen molar-refractivity contribution >= 4 is 21.9 Å². The summed E-state index contributed by atoms with van der Waals surface area (Å²) in [5, 5.41) is 0.807. The van der Waals surface area contributed by atoms with E-state index in [0.29, 0.717) is 19.6 Å². The zero-order valence-electron chi connectivity index (χ0n) is 29.7. The maximum atomic E-state index is 12.1. The number of unbranched alkanes of at least 4 members (excludes halogenated alkanes) is 23. The van der Waals surface area contributed by atoms with Gasteiger partial charge in [-0.2, -0.15) is 0 Å². The van der Waals surface area contributed by atoms with Crippen LogP contribution in [0, 0.1) is 0 Å². The Morgan fingerprint density at radius 2 is 0.867 bits per heavy atom. The summed E-state index contributed by atoms with van der Waals surface area (Å²) in [5.74, 6) is 1.46. The summed E-state index contributed by atoms with van der Waals surface area (Å²) in [6.07, 6.45) is 34.7. The van der Waals surface area contributed by atoms with Gasteiger partial charge in [0.25, 0.3) is 0 Å². The summed E-state index contributed by atoms with van der Waals surface area (Å²) in [7, 11) is 0. The molecule has 0 N–H and O–H groups in total. The van der Waals surface area contributed by atoms with Crippen molar-refractivity contribution in [2.45, 2.75) is 194 Å². The highest BCUT2D eigenvalue weighted by Crippen LogP contribution is 2.25. The summed E-state index contributed by atoms with van der Waals surface area (Å²) >= 11 is 3.38. The molecule has 0 fully saturated rings. The number of carbonyl (C=O) groups is 1. The number of rotatable bonds is 34. The minimum Gasteiger partial charge on any atom is -0.493 e. The first-order valence-electron chi connectivity index (χ1n) is 19.3. The van der Waals surface area contributed by atoms with Crippen LogP contribution < -0.4 is 9.47 Å². The molecule has 0 bridgehead atoms. The molecule has 0 spiro atoms. The molecule has 0 saturated heterocycles. The van der Waals surface area contributed by atoms with Gasteiger partial charge in [0, 0.05) is 17.8 Å². The molecule has 1 rings (SSSR count). The third kappa shape index (κ3) is 27.6.